The number of halogens is 1. The number of benzene rings is 2. The van der Waals surface area contributed by atoms with Gasteiger partial charge in [-0.2, -0.15) is 0 Å². The highest BCUT2D eigenvalue weighted by molar-refractivity contribution is 5.31. The fraction of sp³-hybridized carbons (Fsp3) is 0.625. The van der Waals surface area contributed by atoms with Crippen molar-refractivity contribution in [3.63, 3.8) is 0 Å². The summed E-state index contributed by atoms with van der Waals surface area (Å²) in [6.45, 7) is 16.8. The molecule has 2 aromatic carbocycles. The maximum atomic E-state index is 10.9. The topological polar surface area (TPSA) is 38.7 Å². The van der Waals surface area contributed by atoms with Crippen molar-refractivity contribution in [2.45, 2.75) is 84.8 Å². The molecule has 1 N–H and O–H groups in total. The molecule has 37 heavy (non-hydrogen) atoms. The van der Waals surface area contributed by atoms with E-state index in [4.69, 9.17) is 9.47 Å². The van der Waals surface area contributed by atoms with E-state index < -0.39 is 6.10 Å². The van der Waals surface area contributed by atoms with Gasteiger partial charge < -0.3 is 31.5 Å². The Bertz CT molecular complexity index is 884. The summed E-state index contributed by atoms with van der Waals surface area (Å²) in [7, 11) is 0. The summed E-state index contributed by atoms with van der Waals surface area (Å²) in [6.07, 6.45) is 5.74. The van der Waals surface area contributed by atoms with Gasteiger partial charge in [0.05, 0.1) is 26.3 Å². The first kappa shape index (κ1) is 31.6. The Morgan fingerprint density at radius 3 is 2.05 bits per heavy atom. The van der Waals surface area contributed by atoms with Crippen molar-refractivity contribution in [2.24, 2.45) is 5.41 Å². The number of ether oxygens (including phenoxy) is 2. The van der Waals surface area contributed by atoms with Crippen molar-refractivity contribution in [3.8, 4) is 5.75 Å². The van der Waals surface area contributed by atoms with Gasteiger partial charge in [0.25, 0.3) is 0 Å². The van der Waals surface area contributed by atoms with Gasteiger partial charge in [0.15, 0.2) is 0 Å². The van der Waals surface area contributed by atoms with Gasteiger partial charge in [-0.05, 0) is 60.6 Å². The molecule has 1 atom stereocenters. The molecule has 0 saturated carbocycles. The van der Waals surface area contributed by atoms with Crippen LogP contribution in [0.3, 0.4) is 0 Å². The molecule has 0 aromatic heterocycles. The Morgan fingerprint density at radius 1 is 0.838 bits per heavy atom. The van der Waals surface area contributed by atoms with Gasteiger partial charge in [0.2, 0.25) is 0 Å². The molecule has 1 fully saturated rings. The second-order valence-electron chi connectivity index (χ2n) is 12.8. The summed E-state index contributed by atoms with van der Waals surface area (Å²) >= 11 is 0. The summed E-state index contributed by atoms with van der Waals surface area (Å²) < 4.78 is 12.7. The summed E-state index contributed by atoms with van der Waals surface area (Å²) in [6, 6.07) is 19.2. The number of quaternary nitrogens is 1. The van der Waals surface area contributed by atoms with Crippen LogP contribution in [-0.4, -0.2) is 55.1 Å². The minimum Gasteiger partial charge on any atom is -1.00 e. The second-order valence-corrected chi connectivity index (χ2v) is 12.8. The van der Waals surface area contributed by atoms with Crippen LogP contribution in [0.15, 0.2) is 54.6 Å². The van der Waals surface area contributed by atoms with Gasteiger partial charge in [-0.1, -0.05) is 77.1 Å². The Labute approximate surface area is 232 Å². The number of aliphatic hydroxyl groups is 1. The molecule has 0 bridgehead atoms. The number of hydrogen-bond donors (Lipinski definition) is 1. The van der Waals surface area contributed by atoms with Gasteiger partial charge in [-0.25, -0.2) is 0 Å². The molecular formula is C32H50ClNO3. The molecule has 1 aliphatic rings. The van der Waals surface area contributed by atoms with Gasteiger partial charge in [0, 0.05) is 5.56 Å². The summed E-state index contributed by atoms with van der Waals surface area (Å²) in [5, 5.41) is 10.9. The van der Waals surface area contributed by atoms with Gasteiger partial charge in [0.1, 0.15) is 31.5 Å². The molecule has 208 valence electrons. The molecule has 1 heterocycles. The number of likely N-dealkylation sites (tertiary alicyclic amines) is 1. The fourth-order valence-electron chi connectivity index (χ4n) is 6.10. The van der Waals surface area contributed by atoms with Crippen LogP contribution in [0.4, 0.5) is 0 Å². The van der Waals surface area contributed by atoms with Crippen LogP contribution in [-0.2, 0) is 16.7 Å². The maximum Gasteiger partial charge on any atom is 0.126 e. The molecule has 0 radical (unpaired) electrons. The van der Waals surface area contributed by atoms with Crippen LogP contribution < -0.4 is 17.1 Å². The highest BCUT2D eigenvalue weighted by Gasteiger charge is 2.32. The van der Waals surface area contributed by atoms with Crippen LogP contribution in [0, 0.1) is 5.41 Å². The molecule has 5 heteroatoms. The first-order valence-corrected chi connectivity index (χ1v) is 14.0. The van der Waals surface area contributed by atoms with Crippen molar-refractivity contribution in [3.05, 3.63) is 65.7 Å². The monoisotopic (exact) mass is 531 g/mol. The molecule has 0 aliphatic carbocycles. The second kappa shape index (κ2) is 14.5. The molecule has 0 amide bonds. The van der Waals surface area contributed by atoms with Crippen molar-refractivity contribution < 1.29 is 31.5 Å². The molecule has 3 rings (SSSR count). The fourth-order valence-corrected chi connectivity index (χ4v) is 6.10. The van der Waals surface area contributed by atoms with Crippen LogP contribution in [0.5, 0.6) is 5.75 Å². The lowest BCUT2D eigenvalue weighted by Gasteiger charge is -2.39. The SMILES string of the molecule is CC(C)(C)CC(C)(C)c1ccc(OCCOCC(O)C[N+]2(Cc3ccccc3)CCCCCC2)cc1.[Cl-]. The van der Waals surface area contributed by atoms with Gasteiger partial charge in [-0.15, -0.1) is 0 Å². The van der Waals surface area contributed by atoms with E-state index in [2.05, 4.69) is 89.2 Å². The third kappa shape index (κ3) is 11.0. The molecule has 0 spiro atoms. The minimum absolute atomic E-state index is 0. The van der Waals surface area contributed by atoms with Crippen molar-refractivity contribution >= 4 is 0 Å². The minimum atomic E-state index is -0.462. The Morgan fingerprint density at radius 2 is 1.46 bits per heavy atom. The molecule has 2 aromatic rings. The molecule has 1 unspecified atom stereocenters. The molecular weight excluding hydrogens is 482 g/mol. The predicted molar refractivity (Wildman–Crippen MR) is 149 cm³/mol. The van der Waals surface area contributed by atoms with E-state index in [1.165, 1.54) is 36.8 Å². The van der Waals surface area contributed by atoms with E-state index in [1.54, 1.807) is 0 Å². The Kier molecular flexibility index (Phi) is 12.4. The lowest BCUT2D eigenvalue weighted by Crippen LogP contribution is -3.00. The van der Waals surface area contributed by atoms with E-state index in [1.807, 2.05) is 0 Å². The van der Waals surface area contributed by atoms with Crippen molar-refractivity contribution in [1.29, 1.82) is 0 Å². The third-order valence-corrected chi connectivity index (χ3v) is 7.39. The normalized spacial score (nSPS) is 16.9. The third-order valence-electron chi connectivity index (χ3n) is 7.39. The van der Waals surface area contributed by atoms with Crippen LogP contribution in [0.2, 0.25) is 0 Å². The van der Waals surface area contributed by atoms with E-state index in [9.17, 15) is 5.11 Å². The van der Waals surface area contributed by atoms with E-state index in [-0.39, 0.29) is 23.2 Å². The first-order valence-electron chi connectivity index (χ1n) is 14.0. The Hall–Kier alpha value is -1.59. The quantitative estimate of drug-likeness (QED) is 0.335. The zero-order valence-electron chi connectivity index (χ0n) is 23.8. The Balaban J connectivity index is 0.00000481. The van der Waals surface area contributed by atoms with Gasteiger partial charge >= 0.3 is 0 Å². The van der Waals surface area contributed by atoms with Gasteiger partial charge in [-0.3, -0.25) is 0 Å². The number of hydrogen-bond acceptors (Lipinski definition) is 3. The zero-order valence-corrected chi connectivity index (χ0v) is 24.6. The largest absolute Gasteiger partial charge is 1.00 e. The van der Waals surface area contributed by atoms with Crippen molar-refractivity contribution in [1.82, 2.24) is 0 Å². The predicted octanol–water partition coefficient (Wildman–Crippen LogP) is 3.75. The van der Waals surface area contributed by atoms with E-state index in [0.717, 1.165) is 42.8 Å². The average molecular weight is 532 g/mol. The van der Waals surface area contributed by atoms with Crippen LogP contribution >= 0.6 is 0 Å². The smallest absolute Gasteiger partial charge is 0.126 e. The number of rotatable bonds is 12. The number of aliphatic hydroxyl groups excluding tert-OH is 1. The zero-order chi connectivity index (χ0) is 26.1. The first-order chi connectivity index (χ1) is 17.1. The number of nitrogens with zero attached hydrogens (tertiary/aromatic N) is 1. The lowest BCUT2D eigenvalue weighted by atomic mass is 9.72. The van der Waals surface area contributed by atoms with E-state index in [0.29, 0.717) is 19.8 Å². The van der Waals surface area contributed by atoms with Crippen LogP contribution in [0.25, 0.3) is 0 Å². The highest BCUT2D eigenvalue weighted by Crippen LogP contribution is 2.36. The molecule has 1 saturated heterocycles. The average Bonchev–Trinajstić information content (AvgIpc) is 3.03. The molecule has 4 nitrogen and oxygen atoms in total. The standard InChI is InChI=1S/C32H50NO3.ClH/c1-31(2,3)26-32(4,5)28-15-17-30(18-16-28)36-22-21-35-25-29(34)24-33(19-11-6-7-12-20-33)23-27-13-9-8-10-14-27;/h8-10,13-18,29,34H,6-7,11-12,19-26H2,1-5H3;1H/q+1;/p-1. The van der Waals surface area contributed by atoms with Crippen molar-refractivity contribution in [2.75, 3.05) is 39.5 Å². The van der Waals surface area contributed by atoms with Crippen LogP contribution in [0.1, 0.15) is 77.8 Å². The summed E-state index contributed by atoms with van der Waals surface area (Å²) in [5.41, 5.74) is 3.11. The maximum absolute atomic E-state index is 10.9. The molecule has 1 aliphatic heterocycles. The lowest BCUT2D eigenvalue weighted by molar-refractivity contribution is -0.943. The van der Waals surface area contributed by atoms with E-state index >= 15 is 0 Å². The highest BCUT2D eigenvalue weighted by atomic mass is 35.5. The summed E-state index contributed by atoms with van der Waals surface area (Å²) in [5.74, 6) is 0.867. The summed E-state index contributed by atoms with van der Waals surface area (Å²) in [4.78, 5) is 0.